The SMILES string of the molecule is CCOC(=O)COc1cccc(Nc2cc(Nc3nc(C)cs3)nc(C)n2)c1. The number of benzene rings is 1. The molecule has 0 spiro atoms. The molecule has 8 nitrogen and oxygen atoms in total. The maximum absolute atomic E-state index is 11.4. The molecule has 0 amide bonds. The molecule has 3 aromatic rings. The summed E-state index contributed by atoms with van der Waals surface area (Å²) >= 11 is 1.52. The summed E-state index contributed by atoms with van der Waals surface area (Å²) in [5.74, 6) is 2.06. The van der Waals surface area contributed by atoms with E-state index in [-0.39, 0.29) is 6.61 Å². The Labute approximate surface area is 167 Å². The van der Waals surface area contributed by atoms with Crippen molar-refractivity contribution in [3.63, 3.8) is 0 Å². The maximum atomic E-state index is 11.4. The van der Waals surface area contributed by atoms with Gasteiger partial charge in [-0.15, -0.1) is 11.3 Å². The van der Waals surface area contributed by atoms with E-state index in [1.165, 1.54) is 11.3 Å². The van der Waals surface area contributed by atoms with E-state index in [9.17, 15) is 4.79 Å². The third kappa shape index (κ3) is 5.65. The smallest absolute Gasteiger partial charge is 0.344 e. The van der Waals surface area contributed by atoms with Crippen molar-refractivity contribution in [2.45, 2.75) is 20.8 Å². The number of carbonyl (C=O) groups is 1. The Morgan fingerprint density at radius 1 is 1.11 bits per heavy atom. The topological polar surface area (TPSA) is 98.3 Å². The Bertz CT molecular complexity index is 960. The van der Waals surface area contributed by atoms with Crippen LogP contribution in [0.3, 0.4) is 0 Å². The number of ether oxygens (including phenoxy) is 2. The average molecular weight is 399 g/mol. The van der Waals surface area contributed by atoms with E-state index < -0.39 is 5.97 Å². The van der Waals surface area contributed by atoms with Gasteiger partial charge >= 0.3 is 5.97 Å². The molecule has 0 unspecified atom stereocenters. The van der Waals surface area contributed by atoms with E-state index in [0.29, 0.717) is 29.8 Å². The minimum absolute atomic E-state index is 0.134. The van der Waals surface area contributed by atoms with E-state index >= 15 is 0 Å². The van der Waals surface area contributed by atoms with Gasteiger partial charge in [-0.05, 0) is 32.9 Å². The Morgan fingerprint density at radius 3 is 2.61 bits per heavy atom. The van der Waals surface area contributed by atoms with Crippen LogP contribution in [0.2, 0.25) is 0 Å². The highest BCUT2D eigenvalue weighted by atomic mass is 32.1. The molecule has 3 rings (SSSR count). The fraction of sp³-hybridized carbons (Fsp3) is 0.263. The van der Waals surface area contributed by atoms with Crippen molar-refractivity contribution in [1.29, 1.82) is 0 Å². The number of aryl methyl sites for hydroxylation is 2. The first-order chi connectivity index (χ1) is 13.5. The highest BCUT2D eigenvalue weighted by Crippen LogP contribution is 2.24. The maximum Gasteiger partial charge on any atom is 0.344 e. The minimum Gasteiger partial charge on any atom is -0.482 e. The number of rotatable bonds is 8. The van der Waals surface area contributed by atoms with E-state index in [4.69, 9.17) is 9.47 Å². The van der Waals surface area contributed by atoms with Gasteiger partial charge in [0.1, 0.15) is 23.2 Å². The standard InChI is InChI=1S/C19H21N5O3S/c1-4-26-18(25)10-27-15-7-5-6-14(8-15)23-16-9-17(22-13(3)21-16)24-19-20-12(2)11-28-19/h5-9,11H,4,10H2,1-3H3,(H2,20,21,22,23,24). The Balaban J connectivity index is 1.69. The van der Waals surface area contributed by atoms with Crippen molar-refractivity contribution in [3.05, 3.63) is 47.2 Å². The highest BCUT2D eigenvalue weighted by molar-refractivity contribution is 7.13. The molecule has 2 N–H and O–H groups in total. The van der Waals surface area contributed by atoms with Gasteiger partial charge in [0.05, 0.1) is 12.3 Å². The molecule has 0 aliphatic rings. The third-order valence-corrected chi connectivity index (χ3v) is 4.34. The molecule has 0 saturated heterocycles. The fourth-order valence-electron chi connectivity index (χ4n) is 2.37. The van der Waals surface area contributed by atoms with Crippen molar-refractivity contribution < 1.29 is 14.3 Å². The molecule has 146 valence electrons. The number of aromatic nitrogens is 3. The lowest BCUT2D eigenvalue weighted by molar-refractivity contribution is -0.145. The van der Waals surface area contributed by atoms with Crippen LogP contribution in [0.25, 0.3) is 0 Å². The van der Waals surface area contributed by atoms with Gasteiger partial charge in [-0.2, -0.15) is 0 Å². The molecule has 0 atom stereocenters. The van der Waals surface area contributed by atoms with Crippen LogP contribution in [-0.2, 0) is 9.53 Å². The number of hydrogen-bond donors (Lipinski definition) is 2. The Kier molecular flexibility index (Phi) is 6.38. The number of anilines is 4. The van der Waals surface area contributed by atoms with E-state index in [1.807, 2.05) is 31.4 Å². The number of hydrogen-bond acceptors (Lipinski definition) is 9. The molecule has 0 aliphatic heterocycles. The van der Waals surface area contributed by atoms with Gasteiger partial charge in [-0.3, -0.25) is 0 Å². The number of thiazole rings is 1. The van der Waals surface area contributed by atoms with Crippen molar-refractivity contribution in [1.82, 2.24) is 15.0 Å². The van der Waals surface area contributed by atoms with Crippen molar-refractivity contribution in [2.24, 2.45) is 0 Å². The summed E-state index contributed by atoms with van der Waals surface area (Å²) in [6, 6.07) is 9.07. The Morgan fingerprint density at radius 2 is 1.89 bits per heavy atom. The molecule has 0 bridgehead atoms. The fourth-order valence-corrected chi connectivity index (χ4v) is 3.07. The first kappa shape index (κ1) is 19.6. The van der Waals surface area contributed by atoms with E-state index in [2.05, 4.69) is 25.6 Å². The van der Waals surface area contributed by atoms with Crippen molar-refractivity contribution >= 4 is 39.8 Å². The molecule has 2 aromatic heterocycles. The van der Waals surface area contributed by atoms with Gasteiger partial charge in [-0.25, -0.2) is 19.7 Å². The van der Waals surface area contributed by atoms with Crippen LogP contribution in [-0.4, -0.2) is 34.1 Å². The second-order valence-electron chi connectivity index (χ2n) is 5.85. The summed E-state index contributed by atoms with van der Waals surface area (Å²) < 4.78 is 10.3. The van der Waals surface area contributed by atoms with Crippen LogP contribution in [0.15, 0.2) is 35.7 Å². The summed E-state index contributed by atoms with van der Waals surface area (Å²) in [6.07, 6.45) is 0. The molecule has 0 aliphatic carbocycles. The van der Waals surface area contributed by atoms with Crippen LogP contribution in [0.1, 0.15) is 18.4 Å². The molecule has 2 heterocycles. The lowest BCUT2D eigenvalue weighted by atomic mass is 10.3. The predicted molar refractivity (Wildman–Crippen MR) is 109 cm³/mol. The minimum atomic E-state index is -0.402. The van der Waals surface area contributed by atoms with Gasteiger partial charge in [0.15, 0.2) is 11.7 Å². The molecule has 9 heteroatoms. The quantitative estimate of drug-likeness (QED) is 0.549. The van der Waals surface area contributed by atoms with Gasteiger partial charge in [-0.1, -0.05) is 6.07 Å². The van der Waals surface area contributed by atoms with Gasteiger partial charge in [0.25, 0.3) is 0 Å². The van der Waals surface area contributed by atoms with Gasteiger partial charge < -0.3 is 20.1 Å². The molecule has 0 fully saturated rings. The normalized spacial score (nSPS) is 10.4. The first-order valence-corrected chi connectivity index (χ1v) is 9.60. The summed E-state index contributed by atoms with van der Waals surface area (Å²) in [6.45, 7) is 5.71. The molecular formula is C19H21N5O3S. The zero-order valence-corrected chi connectivity index (χ0v) is 16.7. The van der Waals surface area contributed by atoms with Crippen LogP contribution in [0.4, 0.5) is 22.5 Å². The number of carbonyl (C=O) groups excluding carboxylic acids is 1. The monoisotopic (exact) mass is 399 g/mol. The number of nitrogens with zero attached hydrogens (tertiary/aromatic N) is 3. The summed E-state index contributed by atoms with van der Waals surface area (Å²) in [4.78, 5) is 24.6. The van der Waals surface area contributed by atoms with Crippen molar-refractivity contribution in [3.8, 4) is 5.75 Å². The molecule has 0 radical (unpaired) electrons. The molecular weight excluding hydrogens is 378 g/mol. The largest absolute Gasteiger partial charge is 0.482 e. The van der Waals surface area contributed by atoms with Crippen LogP contribution >= 0.6 is 11.3 Å². The molecule has 0 saturated carbocycles. The van der Waals surface area contributed by atoms with Crippen LogP contribution in [0.5, 0.6) is 5.75 Å². The lowest BCUT2D eigenvalue weighted by Crippen LogP contribution is -2.14. The highest BCUT2D eigenvalue weighted by Gasteiger charge is 2.07. The predicted octanol–water partition coefficient (Wildman–Crippen LogP) is 3.98. The summed E-state index contributed by atoms with van der Waals surface area (Å²) in [5.41, 5.74) is 1.73. The second kappa shape index (κ2) is 9.14. The van der Waals surface area contributed by atoms with Gasteiger partial charge in [0.2, 0.25) is 0 Å². The zero-order chi connectivity index (χ0) is 19.9. The lowest BCUT2D eigenvalue weighted by Gasteiger charge is -2.11. The number of esters is 1. The Hall–Kier alpha value is -3.20. The van der Waals surface area contributed by atoms with E-state index in [0.717, 1.165) is 16.5 Å². The summed E-state index contributed by atoms with van der Waals surface area (Å²) in [5, 5.41) is 9.16. The average Bonchev–Trinajstić information content (AvgIpc) is 3.05. The third-order valence-electron chi connectivity index (χ3n) is 3.46. The zero-order valence-electron chi connectivity index (χ0n) is 15.9. The second-order valence-corrected chi connectivity index (χ2v) is 6.71. The van der Waals surface area contributed by atoms with Gasteiger partial charge in [0, 0.05) is 23.2 Å². The molecule has 28 heavy (non-hydrogen) atoms. The van der Waals surface area contributed by atoms with Crippen molar-refractivity contribution in [2.75, 3.05) is 23.8 Å². The van der Waals surface area contributed by atoms with Crippen LogP contribution < -0.4 is 15.4 Å². The molecule has 1 aromatic carbocycles. The van der Waals surface area contributed by atoms with Crippen LogP contribution in [0, 0.1) is 13.8 Å². The van der Waals surface area contributed by atoms with E-state index in [1.54, 1.807) is 25.1 Å². The first-order valence-electron chi connectivity index (χ1n) is 8.72. The number of nitrogens with one attached hydrogen (secondary N) is 2. The summed E-state index contributed by atoms with van der Waals surface area (Å²) in [7, 11) is 0.